The number of rotatable bonds is 2. The van der Waals surface area contributed by atoms with Gasteiger partial charge in [-0.25, -0.2) is 8.78 Å². The first-order valence-corrected chi connectivity index (χ1v) is 4.84. The number of hydrogen-bond acceptors (Lipinski definition) is 2. The molecule has 0 heterocycles. The molecule has 0 aromatic heterocycles. The van der Waals surface area contributed by atoms with Crippen LogP contribution in [0.5, 0.6) is 5.75 Å². The van der Waals surface area contributed by atoms with Gasteiger partial charge in [0.05, 0.1) is 4.47 Å². The molecule has 0 bridgehead atoms. The predicted octanol–water partition coefficient (Wildman–Crippen LogP) is 2.50. The van der Waals surface area contributed by atoms with Gasteiger partial charge in [-0.05, 0) is 28.5 Å². The fourth-order valence-corrected chi connectivity index (χ4v) is 1.59. The molecule has 0 radical (unpaired) electrons. The summed E-state index contributed by atoms with van der Waals surface area (Å²) >= 11 is 2.93. The highest BCUT2D eigenvalue weighted by atomic mass is 79.9. The SMILES string of the molecule is CC(CN)c1c(O)c(Br)cc(F)c1F. The highest BCUT2D eigenvalue weighted by molar-refractivity contribution is 9.10. The van der Waals surface area contributed by atoms with Gasteiger partial charge in [-0.3, -0.25) is 0 Å². The smallest absolute Gasteiger partial charge is 0.166 e. The normalized spacial score (nSPS) is 12.9. The number of hydrogen-bond donors (Lipinski definition) is 2. The highest BCUT2D eigenvalue weighted by Gasteiger charge is 2.20. The molecule has 0 aliphatic rings. The Bertz CT molecular complexity index is 331. The first-order chi connectivity index (χ1) is 6.49. The van der Waals surface area contributed by atoms with E-state index in [2.05, 4.69) is 15.9 Å². The summed E-state index contributed by atoms with van der Waals surface area (Å²) < 4.78 is 26.4. The van der Waals surface area contributed by atoms with Crippen molar-refractivity contribution in [2.24, 2.45) is 5.73 Å². The maximum atomic E-state index is 13.3. The van der Waals surface area contributed by atoms with Gasteiger partial charge in [-0.1, -0.05) is 6.92 Å². The molecule has 1 rings (SSSR count). The Labute approximate surface area is 88.9 Å². The van der Waals surface area contributed by atoms with Crippen LogP contribution in [0.4, 0.5) is 8.78 Å². The Morgan fingerprint density at radius 2 is 2.14 bits per heavy atom. The molecule has 5 heteroatoms. The van der Waals surface area contributed by atoms with E-state index in [9.17, 15) is 13.9 Å². The molecule has 0 aliphatic carbocycles. The third-order valence-corrected chi connectivity index (χ3v) is 2.63. The molecule has 0 saturated heterocycles. The summed E-state index contributed by atoms with van der Waals surface area (Å²) in [5, 5.41) is 9.50. The van der Waals surface area contributed by atoms with Crippen molar-refractivity contribution in [3.8, 4) is 5.75 Å². The largest absolute Gasteiger partial charge is 0.506 e. The van der Waals surface area contributed by atoms with E-state index in [1.54, 1.807) is 6.92 Å². The number of phenols is 1. The van der Waals surface area contributed by atoms with Crippen molar-refractivity contribution in [2.45, 2.75) is 12.8 Å². The van der Waals surface area contributed by atoms with Gasteiger partial charge in [0.25, 0.3) is 0 Å². The number of halogens is 3. The van der Waals surface area contributed by atoms with Gasteiger partial charge < -0.3 is 10.8 Å². The molecule has 1 aromatic carbocycles. The van der Waals surface area contributed by atoms with Crippen molar-refractivity contribution >= 4 is 15.9 Å². The second-order valence-corrected chi connectivity index (χ2v) is 3.91. The lowest BCUT2D eigenvalue weighted by Crippen LogP contribution is -2.11. The lowest BCUT2D eigenvalue weighted by atomic mass is 9.99. The van der Waals surface area contributed by atoms with Gasteiger partial charge in [-0.2, -0.15) is 0 Å². The van der Waals surface area contributed by atoms with Crippen LogP contribution in [0, 0.1) is 11.6 Å². The Kier molecular flexibility index (Phi) is 3.44. The number of phenolic OH excluding ortho intramolecular Hbond substituents is 1. The van der Waals surface area contributed by atoms with Crippen molar-refractivity contribution in [1.82, 2.24) is 0 Å². The van der Waals surface area contributed by atoms with Crippen LogP contribution in [-0.4, -0.2) is 11.7 Å². The van der Waals surface area contributed by atoms with E-state index >= 15 is 0 Å². The first kappa shape index (κ1) is 11.4. The molecule has 0 aliphatic heterocycles. The molecule has 0 fully saturated rings. The third kappa shape index (κ3) is 1.88. The first-order valence-electron chi connectivity index (χ1n) is 4.05. The molecule has 3 N–H and O–H groups in total. The Morgan fingerprint density at radius 1 is 1.57 bits per heavy atom. The van der Waals surface area contributed by atoms with Gasteiger partial charge in [0.15, 0.2) is 11.6 Å². The van der Waals surface area contributed by atoms with Gasteiger partial charge in [-0.15, -0.1) is 0 Å². The van der Waals surface area contributed by atoms with Crippen molar-refractivity contribution in [3.05, 3.63) is 27.7 Å². The summed E-state index contributed by atoms with van der Waals surface area (Å²) in [7, 11) is 0. The standard InChI is InChI=1S/C9H10BrF2NO/c1-4(3-13)7-8(12)6(11)2-5(10)9(7)14/h2,4,14H,3,13H2,1H3. The third-order valence-electron chi connectivity index (χ3n) is 2.03. The van der Waals surface area contributed by atoms with Gasteiger partial charge in [0, 0.05) is 11.5 Å². The minimum absolute atomic E-state index is 0.0839. The molecule has 1 unspecified atom stereocenters. The van der Waals surface area contributed by atoms with E-state index in [4.69, 9.17) is 5.73 Å². The zero-order valence-electron chi connectivity index (χ0n) is 7.52. The van der Waals surface area contributed by atoms with Crippen LogP contribution in [0.15, 0.2) is 10.5 Å². The average Bonchev–Trinajstić information content (AvgIpc) is 2.15. The molecular weight excluding hydrogens is 256 g/mol. The summed E-state index contributed by atoms with van der Waals surface area (Å²) in [6.07, 6.45) is 0. The van der Waals surface area contributed by atoms with Gasteiger partial charge >= 0.3 is 0 Å². The zero-order chi connectivity index (χ0) is 10.9. The fraction of sp³-hybridized carbons (Fsp3) is 0.333. The van der Waals surface area contributed by atoms with Crippen LogP contribution in [0.25, 0.3) is 0 Å². The molecular formula is C9H10BrF2NO. The van der Waals surface area contributed by atoms with Crippen molar-refractivity contribution in [2.75, 3.05) is 6.54 Å². The average molecular weight is 266 g/mol. The Hall–Kier alpha value is -0.680. The van der Waals surface area contributed by atoms with Crippen LogP contribution in [0.3, 0.4) is 0 Å². The lowest BCUT2D eigenvalue weighted by Gasteiger charge is -2.13. The predicted molar refractivity (Wildman–Crippen MR) is 53.2 cm³/mol. The van der Waals surface area contributed by atoms with Gasteiger partial charge in [0.2, 0.25) is 0 Å². The van der Waals surface area contributed by atoms with E-state index in [1.165, 1.54) is 0 Å². The molecule has 14 heavy (non-hydrogen) atoms. The molecule has 1 aromatic rings. The molecule has 1 atom stereocenters. The summed E-state index contributed by atoms with van der Waals surface area (Å²) in [6, 6.07) is 0.886. The minimum Gasteiger partial charge on any atom is -0.506 e. The zero-order valence-corrected chi connectivity index (χ0v) is 9.11. The molecule has 0 spiro atoms. The maximum absolute atomic E-state index is 13.3. The second-order valence-electron chi connectivity index (χ2n) is 3.05. The van der Waals surface area contributed by atoms with Crippen molar-refractivity contribution < 1.29 is 13.9 Å². The van der Waals surface area contributed by atoms with Gasteiger partial charge in [0.1, 0.15) is 5.75 Å². The van der Waals surface area contributed by atoms with E-state index in [0.29, 0.717) is 0 Å². The number of aromatic hydroxyl groups is 1. The summed E-state index contributed by atoms with van der Waals surface area (Å²) in [5.74, 6) is -2.75. The highest BCUT2D eigenvalue weighted by Crippen LogP contribution is 2.35. The summed E-state index contributed by atoms with van der Waals surface area (Å²) in [5.41, 5.74) is 5.24. The van der Waals surface area contributed by atoms with E-state index in [0.717, 1.165) is 6.07 Å². The number of nitrogens with two attached hydrogens (primary N) is 1. The van der Waals surface area contributed by atoms with Crippen molar-refractivity contribution in [3.63, 3.8) is 0 Å². The van der Waals surface area contributed by atoms with E-state index < -0.39 is 17.6 Å². The van der Waals surface area contributed by atoms with Crippen LogP contribution in [0.2, 0.25) is 0 Å². The molecule has 78 valence electrons. The Balaban J connectivity index is 3.39. The van der Waals surface area contributed by atoms with Crippen LogP contribution >= 0.6 is 15.9 Å². The summed E-state index contributed by atoms with van der Waals surface area (Å²) in [6.45, 7) is 1.75. The van der Waals surface area contributed by atoms with Crippen LogP contribution < -0.4 is 5.73 Å². The van der Waals surface area contributed by atoms with Crippen molar-refractivity contribution in [1.29, 1.82) is 0 Å². The maximum Gasteiger partial charge on any atom is 0.166 e. The fourth-order valence-electron chi connectivity index (χ4n) is 1.17. The molecule has 0 amide bonds. The Morgan fingerprint density at radius 3 is 2.64 bits per heavy atom. The summed E-state index contributed by atoms with van der Waals surface area (Å²) in [4.78, 5) is 0. The van der Waals surface area contributed by atoms with E-state index in [-0.39, 0.29) is 22.3 Å². The molecule has 2 nitrogen and oxygen atoms in total. The topological polar surface area (TPSA) is 46.2 Å². The monoisotopic (exact) mass is 265 g/mol. The quantitative estimate of drug-likeness (QED) is 0.808. The number of benzene rings is 1. The van der Waals surface area contributed by atoms with E-state index in [1.807, 2.05) is 0 Å². The lowest BCUT2D eigenvalue weighted by molar-refractivity contribution is 0.430. The van der Waals surface area contributed by atoms with Crippen LogP contribution in [0.1, 0.15) is 18.4 Å². The molecule has 0 saturated carbocycles. The minimum atomic E-state index is -1.04. The van der Waals surface area contributed by atoms with Crippen LogP contribution in [-0.2, 0) is 0 Å². The second kappa shape index (κ2) is 4.23.